The fourth-order valence-corrected chi connectivity index (χ4v) is 1.85. The summed E-state index contributed by atoms with van der Waals surface area (Å²) in [5.74, 6) is -0.0160. The van der Waals surface area contributed by atoms with Crippen LogP contribution in [0, 0.1) is 0 Å². The summed E-state index contributed by atoms with van der Waals surface area (Å²) in [4.78, 5) is 11.9. The van der Waals surface area contributed by atoms with Gasteiger partial charge in [-0.2, -0.15) is 5.10 Å². The Balaban J connectivity index is 2.15. The molecule has 1 aromatic heterocycles. The summed E-state index contributed by atoms with van der Waals surface area (Å²) in [6, 6.07) is 9.84. The van der Waals surface area contributed by atoms with Gasteiger partial charge >= 0.3 is 0 Å². The van der Waals surface area contributed by atoms with Gasteiger partial charge in [-0.3, -0.25) is 9.48 Å². The molecular weight excluding hydrogens is 238 g/mol. The van der Waals surface area contributed by atoms with Crippen LogP contribution in [-0.2, 0) is 4.79 Å². The first-order valence-electron chi connectivity index (χ1n) is 6.48. The first kappa shape index (κ1) is 13.3. The molecule has 0 fully saturated rings. The zero-order valence-corrected chi connectivity index (χ0v) is 11.5. The Kier molecular flexibility index (Phi) is 4.00. The molecule has 1 amide bonds. The summed E-state index contributed by atoms with van der Waals surface area (Å²) < 4.78 is 1.69. The van der Waals surface area contributed by atoms with Crippen molar-refractivity contribution in [2.24, 2.45) is 0 Å². The van der Waals surface area contributed by atoms with Crippen molar-refractivity contribution in [3.63, 3.8) is 0 Å². The highest BCUT2D eigenvalue weighted by Gasteiger charge is 2.16. The standard InChI is InChI=1S/C15H19N3O/c1-11(2)17-15(19)12(3)18-10-14(9-16-18)13-7-5-4-6-8-13/h4-12H,1-3H3,(H,17,19)/t12-/m1/s1. The SMILES string of the molecule is CC(C)NC(=O)[C@@H](C)n1cc(-c2ccccc2)cn1. The Bertz CT molecular complexity index is 546. The van der Waals surface area contributed by atoms with E-state index in [4.69, 9.17) is 0 Å². The van der Waals surface area contributed by atoms with Gasteiger partial charge < -0.3 is 5.32 Å². The number of hydrogen-bond donors (Lipinski definition) is 1. The van der Waals surface area contributed by atoms with E-state index in [2.05, 4.69) is 10.4 Å². The van der Waals surface area contributed by atoms with E-state index in [-0.39, 0.29) is 18.0 Å². The van der Waals surface area contributed by atoms with Gasteiger partial charge in [-0.15, -0.1) is 0 Å². The lowest BCUT2D eigenvalue weighted by Crippen LogP contribution is -2.35. The summed E-state index contributed by atoms with van der Waals surface area (Å²) >= 11 is 0. The quantitative estimate of drug-likeness (QED) is 0.915. The van der Waals surface area contributed by atoms with Crippen molar-refractivity contribution in [1.29, 1.82) is 0 Å². The van der Waals surface area contributed by atoms with Crippen molar-refractivity contribution >= 4 is 5.91 Å². The number of aromatic nitrogens is 2. The lowest BCUT2D eigenvalue weighted by Gasteiger charge is -2.14. The number of hydrogen-bond acceptors (Lipinski definition) is 2. The maximum Gasteiger partial charge on any atom is 0.244 e. The minimum Gasteiger partial charge on any atom is -0.352 e. The molecule has 0 radical (unpaired) electrons. The highest BCUT2D eigenvalue weighted by Crippen LogP contribution is 2.19. The lowest BCUT2D eigenvalue weighted by atomic mass is 10.1. The molecule has 1 heterocycles. The van der Waals surface area contributed by atoms with Gasteiger partial charge in [0.05, 0.1) is 6.20 Å². The molecule has 100 valence electrons. The minimum absolute atomic E-state index is 0.0160. The molecule has 0 saturated heterocycles. The van der Waals surface area contributed by atoms with Gasteiger partial charge in [-0.1, -0.05) is 30.3 Å². The maximum absolute atomic E-state index is 11.9. The summed E-state index contributed by atoms with van der Waals surface area (Å²) in [5.41, 5.74) is 2.12. The minimum atomic E-state index is -0.306. The van der Waals surface area contributed by atoms with Crippen LogP contribution in [0.1, 0.15) is 26.8 Å². The van der Waals surface area contributed by atoms with Gasteiger partial charge in [0.2, 0.25) is 5.91 Å². The number of benzene rings is 1. The summed E-state index contributed by atoms with van der Waals surface area (Å²) in [7, 11) is 0. The third-order valence-corrected chi connectivity index (χ3v) is 2.92. The summed E-state index contributed by atoms with van der Waals surface area (Å²) in [6.45, 7) is 5.74. The van der Waals surface area contributed by atoms with Crippen LogP contribution >= 0.6 is 0 Å². The Morgan fingerprint density at radius 3 is 2.47 bits per heavy atom. The third-order valence-electron chi connectivity index (χ3n) is 2.92. The molecule has 0 unspecified atom stereocenters. The highest BCUT2D eigenvalue weighted by molar-refractivity contribution is 5.80. The second-order valence-electron chi connectivity index (χ2n) is 4.91. The number of amides is 1. The third kappa shape index (κ3) is 3.22. The van der Waals surface area contributed by atoms with Crippen LogP contribution in [0.15, 0.2) is 42.7 Å². The molecule has 0 bridgehead atoms. The van der Waals surface area contributed by atoms with Crippen LogP contribution in [-0.4, -0.2) is 21.7 Å². The van der Waals surface area contributed by atoms with Crippen LogP contribution < -0.4 is 5.32 Å². The van der Waals surface area contributed by atoms with Crippen LogP contribution in [0.3, 0.4) is 0 Å². The zero-order chi connectivity index (χ0) is 13.8. The van der Waals surface area contributed by atoms with Crippen molar-refractivity contribution in [2.45, 2.75) is 32.9 Å². The number of rotatable bonds is 4. The second kappa shape index (κ2) is 5.69. The Hall–Kier alpha value is -2.10. The second-order valence-corrected chi connectivity index (χ2v) is 4.91. The van der Waals surface area contributed by atoms with Crippen LogP contribution in [0.5, 0.6) is 0 Å². The molecule has 0 spiro atoms. The Labute approximate surface area is 113 Å². The smallest absolute Gasteiger partial charge is 0.244 e. The zero-order valence-electron chi connectivity index (χ0n) is 11.5. The largest absolute Gasteiger partial charge is 0.352 e. The van der Waals surface area contributed by atoms with Crippen LogP contribution in [0.4, 0.5) is 0 Å². The Morgan fingerprint density at radius 1 is 1.16 bits per heavy atom. The van der Waals surface area contributed by atoms with E-state index in [0.717, 1.165) is 11.1 Å². The maximum atomic E-state index is 11.9. The fourth-order valence-electron chi connectivity index (χ4n) is 1.85. The molecule has 2 aromatic rings. The van der Waals surface area contributed by atoms with E-state index < -0.39 is 0 Å². The van der Waals surface area contributed by atoms with Crippen molar-refractivity contribution in [3.8, 4) is 11.1 Å². The molecular formula is C15H19N3O. The number of carbonyl (C=O) groups excluding carboxylic acids is 1. The van der Waals surface area contributed by atoms with Gasteiger partial charge in [0.15, 0.2) is 0 Å². The first-order valence-corrected chi connectivity index (χ1v) is 6.48. The van der Waals surface area contributed by atoms with E-state index in [9.17, 15) is 4.79 Å². The predicted molar refractivity (Wildman–Crippen MR) is 75.7 cm³/mol. The molecule has 1 atom stereocenters. The van der Waals surface area contributed by atoms with Crippen molar-refractivity contribution in [3.05, 3.63) is 42.7 Å². The molecule has 2 rings (SSSR count). The van der Waals surface area contributed by atoms with E-state index in [0.29, 0.717) is 0 Å². The fraction of sp³-hybridized carbons (Fsp3) is 0.333. The molecule has 0 aliphatic heterocycles. The first-order chi connectivity index (χ1) is 9.08. The molecule has 19 heavy (non-hydrogen) atoms. The molecule has 4 nitrogen and oxygen atoms in total. The number of nitrogens with zero attached hydrogens (tertiary/aromatic N) is 2. The topological polar surface area (TPSA) is 46.9 Å². The van der Waals surface area contributed by atoms with Crippen molar-refractivity contribution < 1.29 is 4.79 Å². The van der Waals surface area contributed by atoms with Crippen LogP contribution in [0.25, 0.3) is 11.1 Å². The molecule has 0 saturated carbocycles. The molecule has 0 aliphatic carbocycles. The van der Waals surface area contributed by atoms with Crippen molar-refractivity contribution in [1.82, 2.24) is 15.1 Å². The van der Waals surface area contributed by atoms with E-state index in [1.807, 2.05) is 57.3 Å². The van der Waals surface area contributed by atoms with E-state index in [1.165, 1.54) is 0 Å². The molecule has 4 heteroatoms. The summed E-state index contributed by atoms with van der Waals surface area (Å²) in [6.07, 6.45) is 3.69. The van der Waals surface area contributed by atoms with Gasteiger partial charge in [0, 0.05) is 17.8 Å². The molecule has 0 aliphatic rings. The average molecular weight is 257 g/mol. The Morgan fingerprint density at radius 2 is 1.84 bits per heavy atom. The van der Waals surface area contributed by atoms with E-state index in [1.54, 1.807) is 10.9 Å². The predicted octanol–water partition coefficient (Wildman–Crippen LogP) is 2.64. The van der Waals surface area contributed by atoms with Gasteiger partial charge in [0.25, 0.3) is 0 Å². The summed E-state index contributed by atoms with van der Waals surface area (Å²) in [5, 5.41) is 7.17. The monoisotopic (exact) mass is 257 g/mol. The molecule has 1 N–H and O–H groups in total. The van der Waals surface area contributed by atoms with Crippen molar-refractivity contribution in [2.75, 3.05) is 0 Å². The van der Waals surface area contributed by atoms with Gasteiger partial charge in [-0.25, -0.2) is 0 Å². The average Bonchev–Trinajstić information content (AvgIpc) is 2.87. The number of carbonyl (C=O) groups is 1. The lowest BCUT2D eigenvalue weighted by molar-refractivity contribution is -0.124. The van der Waals surface area contributed by atoms with Gasteiger partial charge in [-0.05, 0) is 26.3 Å². The number of nitrogens with one attached hydrogen (secondary N) is 1. The molecule has 1 aromatic carbocycles. The highest BCUT2D eigenvalue weighted by atomic mass is 16.2. The van der Waals surface area contributed by atoms with Crippen LogP contribution in [0.2, 0.25) is 0 Å². The van der Waals surface area contributed by atoms with Gasteiger partial charge in [0.1, 0.15) is 6.04 Å². The van der Waals surface area contributed by atoms with E-state index >= 15 is 0 Å². The normalized spacial score (nSPS) is 12.4.